The SMILES string of the molecule is BrCCCCBr.C#CC(=O)OCC.CCOC(=O)c1cn(CCCCn2ccc(NC(=O)Cc3ccccc3)cc2=O)nn1.O=C(Cc1ccccc1)Nc1cc[nH]c(=O)c1.O=C(Cc1ccccc1)Nc1ccn(CCCCBr)c(=O)c1.O=C(Cc1ccccc1)Nc1ccn(CCCCn2cc(C(=O)O)nn2)c(=O)c1.[Li+].[N-]=[N+]=NCCCCn1ccc(NC(=O)Cc2ccccc2)cc1=O.[N-]=[N+]=[N-].[Na+].[OH-]. The first-order chi connectivity index (χ1) is 67.3. The number of nitrogens with one attached hydrogen (secondary N) is 6. The minimum atomic E-state index is -1.11. The first kappa shape index (κ1) is 124. The van der Waals surface area contributed by atoms with E-state index in [0.717, 1.165) is 82.3 Å². The molecule has 0 saturated heterocycles. The number of aryl methyl sites for hydroxylation is 6. The quantitative estimate of drug-likeness (QED) is 0.00216. The van der Waals surface area contributed by atoms with Crippen LogP contribution in [0.5, 0.6) is 0 Å². The van der Waals surface area contributed by atoms with Crippen molar-refractivity contribution in [3.05, 3.63) is 373 Å². The molecule has 0 fully saturated rings. The van der Waals surface area contributed by atoms with Gasteiger partial charge in [-0.25, -0.2) is 14.4 Å². The van der Waals surface area contributed by atoms with E-state index < -0.39 is 17.9 Å². The third-order valence-corrected chi connectivity index (χ3v) is 20.4. The second-order valence-corrected chi connectivity index (χ2v) is 31.9. The van der Waals surface area contributed by atoms with Crippen LogP contribution in [0.15, 0.2) is 285 Å². The third kappa shape index (κ3) is 54.0. The van der Waals surface area contributed by atoms with Crippen molar-refractivity contribution in [3.8, 4) is 12.3 Å². The summed E-state index contributed by atoms with van der Waals surface area (Å²) in [7, 11) is 0. The van der Waals surface area contributed by atoms with Crippen LogP contribution in [0.2, 0.25) is 0 Å². The maximum atomic E-state index is 12.3. The van der Waals surface area contributed by atoms with E-state index in [0.29, 0.717) is 107 Å². The molecule has 5 amide bonds. The Hall–Kier alpha value is -13.9. The Morgan fingerprint density at radius 2 is 0.704 bits per heavy atom. The van der Waals surface area contributed by atoms with Gasteiger partial charge in [-0.05, 0) is 142 Å². The topological polar surface area (TPSA) is 555 Å². The van der Waals surface area contributed by atoms with Gasteiger partial charge in [-0.2, -0.15) is 0 Å². The number of carbonyl (C=O) groups excluding carboxylic acids is 7. The van der Waals surface area contributed by atoms with Gasteiger partial charge in [-0.3, -0.25) is 62.2 Å². The number of rotatable bonds is 41. The van der Waals surface area contributed by atoms with Crippen molar-refractivity contribution >= 4 is 124 Å². The number of unbranched alkanes of at least 4 members (excludes halogenated alkanes) is 5. The molecule has 44 heteroatoms. The number of terminal acetylenes is 1. The fraction of sp³-hybridized carbons (Fsp3) is 0.296. The van der Waals surface area contributed by atoms with Crippen molar-refractivity contribution in [1.29, 1.82) is 0 Å². The Bertz CT molecular complexity index is 6240. The average Bonchev–Trinajstić information content (AvgIpc) is 0.918. The predicted molar refractivity (Wildman–Crippen MR) is 546 cm³/mol. The summed E-state index contributed by atoms with van der Waals surface area (Å²) >= 11 is 10.0. The number of aromatic nitrogens is 11. The minimum Gasteiger partial charge on any atom is -0.870 e. The Labute approximate surface area is 879 Å². The van der Waals surface area contributed by atoms with Gasteiger partial charge in [0, 0.05) is 162 Å². The molecule has 7 aromatic heterocycles. The molecule has 0 atom stereocenters. The van der Waals surface area contributed by atoms with Gasteiger partial charge in [0.15, 0.2) is 11.4 Å². The van der Waals surface area contributed by atoms with Crippen LogP contribution < -0.4 is 103 Å². The molecule has 5 aromatic carbocycles. The van der Waals surface area contributed by atoms with E-state index in [1.54, 1.807) is 104 Å². The standard InChI is InChI=1S/C22H25N5O4.C20H21N5O4.C17H19BrN2O2.C17H19N5O2.C13H12N2O2.C5H6O2.C4H8Br2.Li.N3.Na.H2O/c1-2-31-22(30)19-16-27(25-24-19)12-7-6-11-26-13-10-18(15-21(26)29)23-20(28)14-17-8-4-3-5-9-17;26-18(12-15-6-2-1-3-7-15)21-16-8-11-24(19(27)13-16)9-4-5-10-25-14-17(20(28)29)22-23-25;18-9-4-5-10-20-11-8-15(13-17(20)22)19-16(21)12-14-6-2-1-3-7-14;18-21-19-9-4-5-10-22-11-8-15(13-17(22)24)20-16(23)12-14-6-2-1-3-7-14;16-12-9-11(6-7-14-12)15-13(17)8-10-4-2-1-3-5-10;1-3-5(6)7-4-2;5-3-1-2-4-6;;1-3-2;;/h3-5,8-10,13,15-16H,2,6-7,11-12,14H2,1H3,(H,23,28);1-3,6-8,11,13-14H,4-5,9-10,12H2,(H,21,26)(H,28,29);1-3,6-8,11,13H,4-5,9-10,12H2,(H,19,21);1-3,6-8,11,13H,4-5,9-10,12H2,(H,20,23);1-7,9H,8H2,(H2,14,15,16,17);1H,4H2,2H3;1-4H2;;;;1H2/q;;;;;;;+1;-1;+1;/p-1. The van der Waals surface area contributed by atoms with Crippen molar-refractivity contribution in [2.75, 3.05) is 62.3 Å². The van der Waals surface area contributed by atoms with E-state index in [2.05, 4.69) is 121 Å². The second-order valence-electron chi connectivity index (χ2n) is 29.6. The molecule has 8 N–H and O–H groups in total. The fourth-order valence-corrected chi connectivity index (χ4v) is 13.3. The second kappa shape index (κ2) is 75.0. The van der Waals surface area contributed by atoms with Gasteiger partial charge in [0.25, 0.3) is 22.2 Å². The number of ether oxygens (including phenoxy) is 2. The predicted octanol–water partition coefficient (Wildman–Crippen LogP) is 9.39. The van der Waals surface area contributed by atoms with Crippen molar-refractivity contribution < 1.29 is 107 Å². The Morgan fingerprint density at radius 3 is 0.972 bits per heavy atom. The van der Waals surface area contributed by atoms with Gasteiger partial charge in [-0.1, -0.05) is 215 Å². The van der Waals surface area contributed by atoms with Crippen LogP contribution in [0.3, 0.4) is 0 Å². The van der Waals surface area contributed by atoms with Gasteiger partial charge in [0.05, 0.1) is 57.7 Å². The number of pyridine rings is 5. The maximum Gasteiger partial charge on any atom is 1.00 e. The van der Waals surface area contributed by atoms with Crippen molar-refractivity contribution in [3.63, 3.8) is 0 Å². The molecule has 0 radical (unpaired) electrons. The number of aromatic carboxylic acids is 1. The summed E-state index contributed by atoms with van der Waals surface area (Å²) in [6, 6.07) is 62.8. The summed E-state index contributed by atoms with van der Waals surface area (Å²) in [6.45, 7) is 7.90. The third-order valence-electron chi connectivity index (χ3n) is 18.7. The first-order valence-electron chi connectivity index (χ1n) is 44.0. The zero-order chi connectivity index (χ0) is 101. The Kier molecular flexibility index (Phi) is 65.6. The van der Waals surface area contributed by atoms with E-state index in [1.165, 1.54) is 65.2 Å². The van der Waals surface area contributed by atoms with Crippen LogP contribution in [0.4, 0.5) is 28.4 Å². The van der Waals surface area contributed by atoms with E-state index in [4.69, 9.17) is 26.4 Å². The normalized spacial score (nSPS) is 9.75. The molecule has 0 unspecified atom stereocenters. The number of amides is 5. The first-order valence-corrected chi connectivity index (χ1v) is 47.4. The average molecular weight is 2140 g/mol. The molecule has 0 aliphatic heterocycles. The fourth-order valence-electron chi connectivity index (χ4n) is 12.1. The summed E-state index contributed by atoms with van der Waals surface area (Å²) in [5, 5.41) is 44.2. The molecular weight excluding hydrogens is 2030 g/mol. The summed E-state index contributed by atoms with van der Waals surface area (Å²) in [5.41, 5.74) is 28.0. The van der Waals surface area contributed by atoms with Crippen LogP contribution in [0, 0.1) is 12.3 Å². The number of carboxylic acid groups (broad SMARTS) is 1. The molecule has 0 spiro atoms. The number of anilines is 5. The van der Waals surface area contributed by atoms with E-state index in [9.17, 15) is 62.3 Å². The molecule has 7 heterocycles. The molecule has 12 rings (SSSR count). The molecule has 12 aromatic rings. The number of hydrogen-bond donors (Lipinski definition) is 7. The zero-order valence-corrected chi connectivity index (χ0v) is 86.0. The number of H-pyrrole nitrogens is 1. The number of carbonyl (C=O) groups is 8. The van der Waals surface area contributed by atoms with Gasteiger partial charge < -0.3 is 81.0 Å². The monoisotopic (exact) mass is 2130 g/mol. The van der Waals surface area contributed by atoms with E-state index >= 15 is 0 Å². The number of alkyl halides is 3. The van der Waals surface area contributed by atoms with E-state index in [1.807, 2.05) is 152 Å². The van der Waals surface area contributed by atoms with Crippen molar-refractivity contribution in [2.24, 2.45) is 5.11 Å². The number of hydrogen-bond acceptors (Lipinski definition) is 21. The summed E-state index contributed by atoms with van der Waals surface area (Å²) in [4.78, 5) is 158. The van der Waals surface area contributed by atoms with Crippen LogP contribution in [0.1, 0.15) is 127 Å². The summed E-state index contributed by atoms with van der Waals surface area (Å²) in [6.07, 6.45) is 26.1. The molecular formula is C98H111Br3LiN22NaO17. The largest absolute Gasteiger partial charge is 1.00 e. The number of aromatic amines is 1. The molecule has 0 saturated carbocycles. The molecule has 39 nitrogen and oxygen atoms in total. The molecule has 0 aliphatic rings. The minimum absolute atomic E-state index is 0. The Balaban J connectivity index is 0.000000579. The molecule has 0 aliphatic carbocycles. The summed E-state index contributed by atoms with van der Waals surface area (Å²) in [5.74, 6) is -1.16. The van der Waals surface area contributed by atoms with Crippen molar-refractivity contribution in [1.82, 2.24) is 53.2 Å². The van der Waals surface area contributed by atoms with Crippen LogP contribution in [0.25, 0.3) is 26.4 Å². The van der Waals surface area contributed by atoms with Crippen LogP contribution in [-0.2, 0) is 110 Å². The van der Waals surface area contributed by atoms with Gasteiger partial charge in [0.2, 0.25) is 35.1 Å². The number of nitrogens with zero attached hydrogens (tertiary/aromatic N) is 16. The zero-order valence-electron chi connectivity index (χ0n) is 79.2. The number of azide groups is 1. The van der Waals surface area contributed by atoms with Crippen LogP contribution in [-0.4, -0.2) is 147 Å². The van der Waals surface area contributed by atoms with Crippen molar-refractivity contribution in [2.45, 2.75) is 149 Å². The molecule has 142 heavy (non-hydrogen) atoms. The van der Waals surface area contributed by atoms with Crippen LogP contribution >= 0.6 is 47.8 Å². The molecule has 0 bridgehead atoms. The van der Waals surface area contributed by atoms with E-state index in [-0.39, 0.29) is 148 Å². The van der Waals surface area contributed by atoms with Gasteiger partial charge in [0.1, 0.15) is 0 Å². The Morgan fingerprint density at radius 1 is 0.423 bits per heavy atom. The van der Waals surface area contributed by atoms with Gasteiger partial charge >= 0.3 is 66.3 Å². The number of carboxylic acids is 1. The number of esters is 2. The van der Waals surface area contributed by atoms with Gasteiger partial charge in [-0.15, -0.1) is 16.6 Å². The maximum absolute atomic E-state index is 12.3. The molecule has 738 valence electrons. The number of halogens is 3. The number of benzene rings is 5. The summed E-state index contributed by atoms with van der Waals surface area (Å²) < 4.78 is 18.6. The smallest absolute Gasteiger partial charge is 0.870 e.